The molecule has 2 aliphatic rings. The van der Waals surface area contributed by atoms with E-state index in [2.05, 4.69) is 5.32 Å². The average molecular weight is 204 g/mol. The highest BCUT2D eigenvalue weighted by molar-refractivity contribution is 5.64. The van der Waals surface area contributed by atoms with Gasteiger partial charge in [0.15, 0.2) is 0 Å². The van der Waals surface area contributed by atoms with Gasteiger partial charge in [-0.1, -0.05) is 0 Å². The molecule has 1 aliphatic carbocycles. The zero-order valence-electron chi connectivity index (χ0n) is 8.75. The van der Waals surface area contributed by atoms with E-state index >= 15 is 0 Å². The summed E-state index contributed by atoms with van der Waals surface area (Å²) in [6.07, 6.45) is 4.88. The number of rotatable bonds is 0. The van der Waals surface area contributed by atoms with Crippen LogP contribution in [-0.2, 0) is 0 Å². The van der Waals surface area contributed by atoms with Gasteiger partial charge < -0.3 is 15.8 Å². The van der Waals surface area contributed by atoms with E-state index in [9.17, 15) is 0 Å². The number of nitrogen functional groups attached to an aromatic ring is 1. The topological polar surface area (TPSA) is 47.3 Å². The zero-order valence-corrected chi connectivity index (χ0v) is 8.75. The Morgan fingerprint density at radius 2 is 2.07 bits per heavy atom. The summed E-state index contributed by atoms with van der Waals surface area (Å²) < 4.78 is 6.12. The third-order valence-corrected chi connectivity index (χ3v) is 3.45. The number of hydrogen-bond acceptors (Lipinski definition) is 3. The Labute approximate surface area is 89.6 Å². The van der Waals surface area contributed by atoms with Crippen LogP contribution in [0, 0.1) is 0 Å². The lowest BCUT2D eigenvalue weighted by molar-refractivity contribution is 0.0831. The van der Waals surface area contributed by atoms with Gasteiger partial charge >= 0.3 is 0 Å². The number of ether oxygens (including phenoxy) is 1. The van der Waals surface area contributed by atoms with Crippen molar-refractivity contribution < 1.29 is 4.74 Å². The Morgan fingerprint density at radius 1 is 1.27 bits per heavy atom. The first kappa shape index (κ1) is 8.89. The Balaban J connectivity index is 1.94. The number of anilines is 2. The number of fused-ring (bicyclic) bond motifs is 1. The second-order valence-electron chi connectivity index (χ2n) is 4.60. The maximum atomic E-state index is 6.12. The van der Waals surface area contributed by atoms with Crippen LogP contribution in [0.1, 0.15) is 25.7 Å². The van der Waals surface area contributed by atoms with Crippen molar-refractivity contribution >= 4 is 11.4 Å². The van der Waals surface area contributed by atoms with Crippen molar-refractivity contribution in [1.82, 2.24) is 0 Å². The minimum absolute atomic E-state index is 0.0425. The monoisotopic (exact) mass is 204 g/mol. The largest absolute Gasteiger partial charge is 0.483 e. The second-order valence-corrected chi connectivity index (χ2v) is 4.60. The van der Waals surface area contributed by atoms with E-state index in [0.717, 1.165) is 36.5 Å². The van der Waals surface area contributed by atoms with Gasteiger partial charge in [-0.3, -0.25) is 0 Å². The van der Waals surface area contributed by atoms with Crippen molar-refractivity contribution in [2.75, 3.05) is 17.6 Å². The maximum absolute atomic E-state index is 6.12. The molecule has 1 aromatic carbocycles. The molecule has 0 aromatic heterocycles. The summed E-state index contributed by atoms with van der Waals surface area (Å²) in [6, 6.07) is 5.82. The van der Waals surface area contributed by atoms with E-state index < -0.39 is 0 Å². The molecule has 0 saturated heterocycles. The Kier molecular flexibility index (Phi) is 1.81. The summed E-state index contributed by atoms with van der Waals surface area (Å²) in [6.45, 7) is 0.934. The van der Waals surface area contributed by atoms with E-state index in [-0.39, 0.29) is 5.60 Å². The quantitative estimate of drug-likeness (QED) is 0.638. The van der Waals surface area contributed by atoms with E-state index in [1.54, 1.807) is 0 Å². The minimum atomic E-state index is 0.0425. The number of hydrogen-bond donors (Lipinski definition) is 2. The third kappa shape index (κ3) is 1.42. The van der Waals surface area contributed by atoms with Crippen LogP contribution in [0.25, 0.3) is 0 Å². The first-order valence-corrected chi connectivity index (χ1v) is 5.60. The van der Waals surface area contributed by atoms with Crippen LogP contribution in [0.2, 0.25) is 0 Å². The van der Waals surface area contributed by atoms with Crippen molar-refractivity contribution in [3.63, 3.8) is 0 Å². The SMILES string of the molecule is Nc1ccc2c(c1)OC1(CCCC1)CN2. The molecule has 15 heavy (non-hydrogen) atoms. The Bertz CT molecular complexity index is 383. The Hall–Kier alpha value is -1.38. The van der Waals surface area contributed by atoms with Crippen LogP contribution in [0.15, 0.2) is 18.2 Å². The fraction of sp³-hybridized carbons (Fsp3) is 0.500. The van der Waals surface area contributed by atoms with Crippen molar-refractivity contribution in [3.8, 4) is 5.75 Å². The highest BCUT2D eigenvalue weighted by atomic mass is 16.5. The zero-order chi connectivity index (χ0) is 10.3. The summed E-state index contributed by atoms with van der Waals surface area (Å²) >= 11 is 0. The van der Waals surface area contributed by atoms with Crippen LogP contribution in [0.4, 0.5) is 11.4 Å². The summed E-state index contributed by atoms with van der Waals surface area (Å²) in [4.78, 5) is 0. The molecule has 0 atom stereocenters. The molecule has 1 heterocycles. The maximum Gasteiger partial charge on any atom is 0.145 e. The van der Waals surface area contributed by atoms with Gasteiger partial charge in [-0.25, -0.2) is 0 Å². The highest BCUT2D eigenvalue weighted by Gasteiger charge is 2.38. The number of benzene rings is 1. The molecule has 0 bridgehead atoms. The summed E-state index contributed by atoms with van der Waals surface area (Å²) in [5.41, 5.74) is 7.64. The van der Waals surface area contributed by atoms with E-state index in [4.69, 9.17) is 10.5 Å². The molecule has 3 rings (SSSR count). The smallest absolute Gasteiger partial charge is 0.145 e. The normalized spacial score (nSPS) is 21.9. The number of nitrogens with one attached hydrogen (secondary N) is 1. The van der Waals surface area contributed by atoms with Crippen molar-refractivity contribution in [2.45, 2.75) is 31.3 Å². The van der Waals surface area contributed by atoms with Crippen molar-refractivity contribution in [1.29, 1.82) is 0 Å². The molecule has 0 unspecified atom stereocenters. The molecular formula is C12H16N2O. The summed E-state index contributed by atoms with van der Waals surface area (Å²) in [5.74, 6) is 0.920. The first-order chi connectivity index (χ1) is 7.27. The predicted molar refractivity (Wildman–Crippen MR) is 61.2 cm³/mol. The second kappa shape index (κ2) is 3.05. The lowest BCUT2D eigenvalue weighted by atomic mass is 10.00. The van der Waals surface area contributed by atoms with Crippen molar-refractivity contribution in [3.05, 3.63) is 18.2 Å². The molecule has 3 heteroatoms. The molecule has 1 spiro atoms. The van der Waals surface area contributed by atoms with Gasteiger partial charge in [0, 0.05) is 11.8 Å². The lowest BCUT2D eigenvalue weighted by Crippen LogP contribution is -2.43. The van der Waals surface area contributed by atoms with Crippen molar-refractivity contribution in [2.24, 2.45) is 0 Å². The van der Waals surface area contributed by atoms with Gasteiger partial charge in [-0.2, -0.15) is 0 Å². The van der Waals surface area contributed by atoms with Crippen LogP contribution in [0.3, 0.4) is 0 Å². The fourth-order valence-electron chi connectivity index (χ4n) is 2.59. The van der Waals surface area contributed by atoms with Gasteiger partial charge in [-0.15, -0.1) is 0 Å². The lowest BCUT2D eigenvalue weighted by Gasteiger charge is -2.36. The molecule has 0 amide bonds. The van der Waals surface area contributed by atoms with Gasteiger partial charge in [0.05, 0.1) is 12.2 Å². The summed E-state index contributed by atoms with van der Waals surface area (Å²) in [7, 11) is 0. The van der Waals surface area contributed by atoms with Gasteiger partial charge in [0.1, 0.15) is 11.4 Å². The predicted octanol–water partition coefficient (Wildman–Crippen LogP) is 2.39. The third-order valence-electron chi connectivity index (χ3n) is 3.45. The molecule has 1 fully saturated rings. The molecule has 1 aromatic rings. The van der Waals surface area contributed by atoms with Crippen LogP contribution in [0.5, 0.6) is 5.75 Å². The average Bonchev–Trinajstić information content (AvgIpc) is 2.66. The van der Waals surface area contributed by atoms with E-state index in [1.807, 2.05) is 18.2 Å². The number of nitrogens with two attached hydrogens (primary N) is 1. The Morgan fingerprint density at radius 3 is 2.87 bits per heavy atom. The van der Waals surface area contributed by atoms with Crippen LogP contribution < -0.4 is 15.8 Å². The van der Waals surface area contributed by atoms with E-state index in [1.165, 1.54) is 12.8 Å². The molecule has 1 aliphatic heterocycles. The first-order valence-electron chi connectivity index (χ1n) is 5.60. The molecule has 0 radical (unpaired) electrons. The highest BCUT2D eigenvalue weighted by Crippen LogP contribution is 2.41. The molecular weight excluding hydrogens is 188 g/mol. The fourth-order valence-corrected chi connectivity index (χ4v) is 2.59. The van der Waals surface area contributed by atoms with Crippen LogP contribution in [-0.4, -0.2) is 12.1 Å². The van der Waals surface area contributed by atoms with Gasteiger partial charge in [0.25, 0.3) is 0 Å². The van der Waals surface area contributed by atoms with Gasteiger partial charge in [-0.05, 0) is 37.8 Å². The minimum Gasteiger partial charge on any atom is -0.483 e. The summed E-state index contributed by atoms with van der Waals surface area (Å²) in [5, 5.41) is 3.44. The van der Waals surface area contributed by atoms with Crippen LogP contribution >= 0.6 is 0 Å². The molecule has 3 nitrogen and oxygen atoms in total. The van der Waals surface area contributed by atoms with Gasteiger partial charge in [0.2, 0.25) is 0 Å². The van der Waals surface area contributed by atoms with E-state index in [0.29, 0.717) is 0 Å². The standard InChI is InChI=1S/C12H16N2O/c13-9-3-4-10-11(7-9)15-12(8-14-10)5-1-2-6-12/h3-4,7,14H,1-2,5-6,8,13H2. The molecule has 80 valence electrons. The molecule has 3 N–H and O–H groups in total. The molecule has 1 saturated carbocycles.